The van der Waals surface area contributed by atoms with Crippen molar-refractivity contribution in [1.82, 2.24) is 15.0 Å². The smallest absolute Gasteiger partial charge is 0.123 e. The Morgan fingerprint density at radius 2 is 2.37 bits per heavy atom. The Kier molecular flexibility index (Phi) is 3.23. The predicted octanol–water partition coefficient (Wildman–Crippen LogP) is 0.798. The van der Waals surface area contributed by atoms with Crippen LogP contribution in [0.5, 0.6) is 5.75 Å². The standard InChI is InChI=1S/C14H18N4O/c1-18-7-6-16-14(18)9-11(17-15)13-8-10-4-2-3-5-12(10)19-13/h2-7,11,13,17H,8-9,15H2,1H3. The molecule has 19 heavy (non-hydrogen) atoms. The number of fused-ring (bicyclic) bond motifs is 1. The van der Waals surface area contributed by atoms with Gasteiger partial charge in [0.05, 0.1) is 6.04 Å². The van der Waals surface area contributed by atoms with Crippen LogP contribution < -0.4 is 16.0 Å². The average Bonchev–Trinajstić information content (AvgIpc) is 3.02. The number of nitrogens with zero attached hydrogens (tertiary/aromatic N) is 2. The third-order valence-corrected chi connectivity index (χ3v) is 3.66. The van der Waals surface area contributed by atoms with Crippen molar-refractivity contribution in [2.24, 2.45) is 12.9 Å². The predicted molar refractivity (Wildman–Crippen MR) is 72.6 cm³/mol. The van der Waals surface area contributed by atoms with Gasteiger partial charge in [0, 0.05) is 32.3 Å². The highest BCUT2D eigenvalue weighted by atomic mass is 16.5. The van der Waals surface area contributed by atoms with Crippen LogP contribution in [0.2, 0.25) is 0 Å². The molecule has 0 radical (unpaired) electrons. The van der Waals surface area contributed by atoms with Crippen molar-refractivity contribution >= 4 is 0 Å². The number of hydrogen-bond donors (Lipinski definition) is 2. The molecule has 0 aliphatic carbocycles. The van der Waals surface area contributed by atoms with E-state index in [-0.39, 0.29) is 12.1 Å². The minimum absolute atomic E-state index is 0.0495. The molecule has 1 aliphatic heterocycles. The van der Waals surface area contributed by atoms with E-state index in [1.807, 2.05) is 36.0 Å². The van der Waals surface area contributed by atoms with Gasteiger partial charge in [-0.2, -0.15) is 0 Å². The summed E-state index contributed by atoms with van der Waals surface area (Å²) in [7, 11) is 1.99. The SMILES string of the molecule is Cn1ccnc1CC(NN)C1Cc2ccccc2O1. The molecule has 2 unspecified atom stereocenters. The van der Waals surface area contributed by atoms with Gasteiger partial charge in [0.2, 0.25) is 0 Å². The summed E-state index contributed by atoms with van der Waals surface area (Å²) < 4.78 is 7.98. The highest BCUT2D eigenvalue weighted by Crippen LogP contribution is 2.29. The fourth-order valence-corrected chi connectivity index (χ4v) is 2.52. The molecule has 3 rings (SSSR count). The number of hydrazine groups is 1. The molecular formula is C14H18N4O. The van der Waals surface area contributed by atoms with E-state index < -0.39 is 0 Å². The Hall–Kier alpha value is -1.85. The molecule has 2 atom stereocenters. The second kappa shape index (κ2) is 5.03. The van der Waals surface area contributed by atoms with E-state index in [1.54, 1.807) is 6.20 Å². The summed E-state index contributed by atoms with van der Waals surface area (Å²) in [5, 5.41) is 0. The molecule has 1 aromatic heterocycles. The number of nitrogens with one attached hydrogen (secondary N) is 1. The number of nitrogens with two attached hydrogens (primary N) is 1. The van der Waals surface area contributed by atoms with Crippen LogP contribution in [-0.4, -0.2) is 21.7 Å². The van der Waals surface area contributed by atoms with Gasteiger partial charge in [-0.15, -0.1) is 0 Å². The average molecular weight is 258 g/mol. The fourth-order valence-electron chi connectivity index (χ4n) is 2.52. The summed E-state index contributed by atoms with van der Waals surface area (Å²) in [4.78, 5) is 4.34. The Labute approximate surface area is 112 Å². The van der Waals surface area contributed by atoms with Gasteiger partial charge in [-0.25, -0.2) is 4.98 Å². The topological polar surface area (TPSA) is 65.1 Å². The molecule has 0 spiro atoms. The molecule has 0 saturated heterocycles. The molecule has 5 heteroatoms. The van der Waals surface area contributed by atoms with E-state index in [9.17, 15) is 0 Å². The van der Waals surface area contributed by atoms with Gasteiger partial charge in [-0.3, -0.25) is 11.3 Å². The van der Waals surface area contributed by atoms with Crippen LogP contribution in [-0.2, 0) is 19.9 Å². The molecule has 0 amide bonds. The van der Waals surface area contributed by atoms with Crippen LogP contribution in [0.25, 0.3) is 0 Å². The van der Waals surface area contributed by atoms with Gasteiger partial charge in [0.1, 0.15) is 17.7 Å². The monoisotopic (exact) mass is 258 g/mol. The van der Waals surface area contributed by atoms with E-state index >= 15 is 0 Å². The minimum atomic E-state index is 0.0495. The molecule has 0 saturated carbocycles. The first-order chi connectivity index (χ1) is 9.28. The normalized spacial score (nSPS) is 18.9. The van der Waals surface area contributed by atoms with Crippen molar-refractivity contribution in [3.8, 4) is 5.75 Å². The molecule has 1 aromatic carbocycles. The van der Waals surface area contributed by atoms with Gasteiger partial charge >= 0.3 is 0 Å². The molecule has 0 fully saturated rings. The van der Waals surface area contributed by atoms with Crippen molar-refractivity contribution in [3.05, 3.63) is 48.0 Å². The molecule has 2 heterocycles. The summed E-state index contributed by atoms with van der Waals surface area (Å²) >= 11 is 0. The number of imidazole rings is 1. The second-order valence-corrected chi connectivity index (χ2v) is 4.90. The summed E-state index contributed by atoms with van der Waals surface area (Å²) in [5.74, 6) is 7.65. The highest BCUT2D eigenvalue weighted by molar-refractivity contribution is 5.37. The van der Waals surface area contributed by atoms with Crippen LogP contribution in [0.15, 0.2) is 36.7 Å². The maximum Gasteiger partial charge on any atom is 0.123 e. The van der Waals surface area contributed by atoms with Crippen LogP contribution in [0.3, 0.4) is 0 Å². The van der Waals surface area contributed by atoms with Crippen LogP contribution in [0.4, 0.5) is 0 Å². The lowest BCUT2D eigenvalue weighted by atomic mass is 10.0. The molecule has 0 bridgehead atoms. The summed E-state index contributed by atoms with van der Waals surface area (Å²) in [5.41, 5.74) is 4.11. The number of benzene rings is 1. The summed E-state index contributed by atoms with van der Waals surface area (Å²) in [6, 6.07) is 8.18. The van der Waals surface area contributed by atoms with Gasteiger partial charge in [-0.05, 0) is 11.6 Å². The maximum absolute atomic E-state index is 5.97. The van der Waals surface area contributed by atoms with E-state index in [1.165, 1.54) is 5.56 Å². The maximum atomic E-state index is 5.97. The zero-order valence-corrected chi connectivity index (χ0v) is 10.9. The van der Waals surface area contributed by atoms with Crippen molar-refractivity contribution in [2.75, 3.05) is 0 Å². The highest BCUT2D eigenvalue weighted by Gasteiger charge is 2.30. The fraction of sp³-hybridized carbons (Fsp3) is 0.357. The first kappa shape index (κ1) is 12.2. The lowest BCUT2D eigenvalue weighted by Crippen LogP contribution is -2.47. The molecule has 2 aromatic rings. The second-order valence-electron chi connectivity index (χ2n) is 4.90. The first-order valence-electron chi connectivity index (χ1n) is 6.45. The quantitative estimate of drug-likeness (QED) is 0.629. The molecule has 5 nitrogen and oxygen atoms in total. The minimum Gasteiger partial charge on any atom is -0.488 e. The molecule has 1 aliphatic rings. The van der Waals surface area contributed by atoms with E-state index in [0.29, 0.717) is 0 Å². The van der Waals surface area contributed by atoms with Gasteiger partial charge in [0.15, 0.2) is 0 Å². The van der Waals surface area contributed by atoms with E-state index in [0.717, 1.165) is 24.4 Å². The first-order valence-corrected chi connectivity index (χ1v) is 6.45. The number of aromatic nitrogens is 2. The Morgan fingerprint density at radius 3 is 3.05 bits per heavy atom. The molecule has 100 valence electrons. The van der Waals surface area contributed by atoms with Crippen molar-refractivity contribution < 1.29 is 4.74 Å². The van der Waals surface area contributed by atoms with Gasteiger partial charge < -0.3 is 9.30 Å². The lowest BCUT2D eigenvalue weighted by molar-refractivity contribution is 0.176. The molecular weight excluding hydrogens is 240 g/mol. The van der Waals surface area contributed by atoms with Crippen LogP contribution in [0.1, 0.15) is 11.4 Å². The van der Waals surface area contributed by atoms with Crippen molar-refractivity contribution in [3.63, 3.8) is 0 Å². The van der Waals surface area contributed by atoms with Crippen LogP contribution >= 0.6 is 0 Å². The largest absolute Gasteiger partial charge is 0.488 e. The number of ether oxygens (including phenoxy) is 1. The Morgan fingerprint density at radius 1 is 1.53 bits per heavy atom. The zero-order chi connectivity index (χ0) is 13.2. The Balaban J connectivity index is 1.73. The third kappa shape index (κ3) is 2.34. The van der Waals surface area contributed by atoms with Crippen molar-refractivity contribution in [1.29, 1.82) is 0 Å². The number of aryl methyl sites for hydroxylation is 1. The Bertz CT molecular complexity index is 541. The zero-order valence-electron chi connectivity index (χ0n) is 10.9. The third-order valence-electron chi connectivity index (χ3n) is 3.66. The number of para-hydroxylation sites is 1. The lowest BCUT2D eigenvalue weighted by Gasteiger charge is -2.22. The van der Waals surface area contributed by atoms with E-state index in [4.69, 9.17) is 10.6 Å². The van der Waals surface area contributed by atoms with E-state index in [2.05, 4.69) is 16.5 Å². The molecule has 3 N–H and O–H groups in total. The number of hydrogen-bond acceptors (Lipinski definition) is 4. The van der Waals surface area contributed by atoms with Crippen LogP contribution in [0, 0.1) is 0 Å². The summed E-state index contributed by atoms with van der Waals surface area (Å²) in [6.45, 7) is 0. The van der Waals surface area contributed by atoms with Gasteiger partial charge in [0.25, 0.3) is 0 Å². The van der Waals surface area contributed by atoms with Crippen molar-refractivity contribution in [2.45, 2.75) is 25.0 Å². The number of rotatable bonds is 4. The summed E-state index contributed by atoms with van der Waals surface area (Å²) in [6.07, 6.45) is 5.42. The van der Waals surface area contributed by atoms with Gasteiger partial charge in [-0.1, -0.05) is 18.2 Å².